The van der Waals surface area contributed by atoms with E-state index in [4.69, 9.17) is 23.8 Å². The molecule has 0 radical (unpaired) electrons. The molecule has 2 aromatic carbocycles. The van der Waals surface area contributed by atoms with Crippen molar-refractivity contribution in [1.82, 2.24) is 5.06 Å². The van der Waals surface area contributed by atoms with Crippen LogP contribution in [-0.2, 0) is 84.1 Å². The summed E-state index contributed by atoms with van der Waals surface area (Å²) in [6.07, 6.45) is 2.13. The van der Waals surface area contributed by atoms with Gasteiger partial charge in [0, 0.05) is 79.8 Å². The molecule has 2 aromatic rings. The van der Waals surface area contributed by atoms with Crippen molar-refractivity contribution in [2.45, 2.75) is 86.3 Å². The first-order valence-corrected chi connectivity index (χ1v) is 27.0. The number of carbonyl (C=O) groups excluding carboxylic acids is 4. The van der Waals surface area contributed by atoms with Gasteiger partial charge in [0.05, 0.1) is 82.5 Å². The van der Waals surface area contributed by atoms with E-state index in [0.29, 0.717) is 58.8 Å². The van der Waals surface area contributed by atoms with Gasteiger partial charge in [-0.05, 0) is 82.0 Å². The Balaban J connectivity index is 1.39. The highest BCUT2D eigenvalue weighted by atomic mass is 32.2. The van der Waals surface area contributed by atoms with Crippen molar-refractivity contribution in [3.05, 3.63) is 82.3 Å². The fourth-order valence-corrected chi connectivity index (χ4v) is 10.6. The number of aliphatic hydroxyl groups excluding tert-OH is 1. The largest absolute Gasteiger partial charge is 0.748 e. The number of hydroxylamine groups is 2. The minimum Gasteiger partial charge on any atom is -0.748 e. The first-order chi connectivity index (χ1) is 33.4. The van der Waals surface area contributed by atoms with Gasteiger partial charge in [0.2, 0.25) is 11.5 Å². The summed E-state index contributed by atoms with van der Waals surface area (Å²) in [5.74, 6) is -4.16. The number of ether oxygens (including phenoxy) is 4. The van der Waals surface area contributed by atoms with Crippen molar-refractivity contribution in [3.8, 4) is 0 Å². The summed E-state index contributed by atoms with van der Waals surface area (Å²) < 4.78 is 132. The fraction of sp³-hybridized carbons (Fsp3) is 0.500. The van der Waals surface area contributed by atoms with Gasteiger partial charge < -0.3 is 47.4 Å². The highest BCUT2D eigenvalue weighted by Crippen LogP contribution is 2.52. The quantitative estimate of drug-likeness (QED) is 0.0465. The van der Waals surface area contributed by atoms with E-state index in [1.165, 1.54) is 36.4 Å². The SMILES string of the molecule is CCN1C(=CC2=C(O)C(=CC3=[N+](CCCC(=O)ON4C(=O)CCC4=O)c4ccc(S(=O)(=O)[O-])cc4C3(C)CCOCCOCCOCCOC)C2=O)C(C)(CCCS(=O)(=O)[O-])c2cc(S(=O)(=O)[O-])ccc21. The zero-order valence-corrected chi connectivity index (χ0v) is 42.0. The number of hydrogen-bond donors (Lipinski definition) is 1. The van der Waals surface area contributed by atoms with Gasteiger partial charge in [-0.25, -0.2) is 30.0 Å². The van der Waals surface area contributed by atoms with Crippen LogP contribution in [-0.4, -0.2) is 155 Å². The Labute approximate surface area is 411 Å². The third kappa shape index (κ3) is 12.4. The van der Waals surface area contributed by atoms with Crippen LogP contribution in [0.3, 0.4) is 0 Å². The fourth-order valence-electron chi connectivity index (χ4n) is 9.14. The Hall–Kier alpha value is -5.22. The smallest absolute Gasteiger partial charge is 0.333 e. The normalized spacial score (nSPS) is 21.5. The number of fused-ring (bicyclic) bond motifs is 2. The van der Waals surface area contributed by atoms with Crippen molar-refractivity contribution in [3.63, 3.8) is 0 Å². The molecule has 0 bridgehead atoms. The summed E-state index contributed by atoms with van der Waals surface area (Å²) in [7, 11) is -13.1. The van der Waals surface area contributed by atoms with Crippen LogP contribution in [0.5, 0.6) is 0 Å². The number of hydrogen-bond acceptors (Lipinski definition) is 20. The molecule has 388 valence electrons. The van der Waals surface area contributed by atoms with Crippen molar-refractivity contribution < 1.29 is 91.6 Å². The summed E-state index contributed by atoms with van der Waals surface area (Å²) in [5.41, 5.74) is -0.821. The number of imide groups is 1. The first-order valence-electron chi connectivity index (χ1n) is 22.6. The number of carbonyl (C=O) groups is 4. The monoisotopic (exact) mass is 1050 g/mol. The van der Waals surface area contributed by atoms with E-state index < -0.39 is 86.1 Å². The molecule has 71 heavy (non-hydrogen) atoms. The molecule has 22 nitrogen and oxygen atoms in total. The van der Waals surface area contributed by atoms with E-state index in [1.54, 1.807) is 37.4 Å². The van der Waals surface area contributed by atoms with E-state index in [9.17, 15) is 63.2 Å². The van der Waals surface area contributed by atoms with Gasteiger partial charge in [-0.2, -0.15) is 4.58 Å². The van der Waals surface area contributed by atoms with Crippen LogP contribution in [0.4, 0.5) is 11.4 Å². The lowest BCUT2D eigenvalue weighted by atomic mass is 9.74. The standard InChI is InChI=1S/C46H57N3O19S3/c1-5-47-36-11-9-30(70(58,59)60)26-34(36)45(2,15-7-25-69(55,56)57)38(47)28-32-43(53)33(44(32)54)29-39-46(3,16-18-65-21-22-67-24-23-66-20-19-64-4)35-27-31(71(61,62)63)10-12-37(35)48(39)17-6-8-42(52)68-49-40(50)13-14-41(49)51/h9-12,26-29H,5-8,13-25H2,1-4H3,(H3-,53,54,55,56,57,58,59,60,61,62,63)/p-2. The second kappa shape index (κ2) is 22.3. The van der Waals surface area contributed by atoms with Gasteiger partial charge in [-0.3, -0.25) is 14.4 Å². The van der Waals surface area contributed by atoms with Crippen molar-refractivity contribution in [2.75, 3.05) is 77.1 Å². The van der Waals surface area contributed by atoms with Crippen LogP contribution in [0.2, 0.25) is 0 Å². The summed E-state index contributed by atoms with van der Waals surface area (Å²) >= 11 is 0. The summed E-state index contributed by atoms with van der Waals surface area (Å²) in [6.45, 7) is 7.12. The lowest BCUT2D eigenvalue weighted by Gasteiger charge is -2.32. The Morgan fingerprint density at radius 3 is 1.92 bits per heavy atom. The van der Waals surface area contributed by atoms with Gasteiger partial charge in [0.25, 0.3) is 11.8 Å². The van der Waals surface area contributed by atoms with Crippen LogP contribution in [0, 0.1) is 0 Å². The van der Waals surface area contributed by atoms with Crippen molar-refractivity contribution >= 4 is 71.0 Å². The average molecular weight is 1050 g/mol. The maximum absolute atomic E-state index is 14.4. The molecular formula is C46H55N3O19S3-2. The molecule has 0 aromatic heterocycles. The summed E-state index contributed by atoms with van der Waals surface area (Å²) in [5, 5.41) is 12.2. The zero-order chi connectivity index (χ0) is 52.1. The molecule has 4 aliphatic rings. The van der Waals surface area contributed by atoms with Crippen LogP contribution < -0.4 is 4.90 Å². The van der Waals surface area contributed by atoms with Gasteiger partial charge in [0.1, 0.15) is 32.5 Å². The molecule has 2 atom stereocenters. The number of Topliss-reactive ketones (excluding diaryl/α,β-unsaturated/α-hetero) is 1. The molecule has 25 heteroatoms. The van der Waals surface area contributed by atoms with Gasteiger partial charge in [0.15, 0.2) is 5.71 Å². The topological polar surface area (TPSA) is 316 Å². The number of benzene rings is 2. The molecule has 0 spiro atoms. The molecule has 1 aliphatic carbocycles. The molecule has 1 fully saturated rings. The molecule has 1 saturated heterocycles. The number of allylic oxidation sites excluding steroid dienone is 5. The predicted octanol–water partition coefficient (Wildman–Crippen LogP) is 2.65. The van der Waals surface area contributed by atoms with Crippen LogP contribution >= 0.6 is 0 Å². The Morgan fingerprint density at radius 1 is 0.775 bits per heavy atom. The number of ketones is 1. The number of rotatable bonds is 26. The average Bonchev–Trinajstić information content (AvgIpc) is 3.83. The first kappa shape index (κ1) is 55.1. The summed E-state index contributed by atoms with van der Waals surface area (Å²) in [6, 6.07) is 7.44. The Kier molecular flexibility index (Phi) is 17.3. The molecular weight excluding hydrogens is 995 g/mol. The number of likely N-dealkylation sites (N-methyl/N-ethyl adjacent to an activating group) is 1. The van der Waals surface area contributed by atoms with Gasteiger partial charge in [-0.1, -0.05) is 0 Å². The minimum atomic E-state index is -5.00. The van der Waals surface area contributed by atoms with Crippen molar-refractivity contribution in [2.24, 2.45) is 0 Å². The molecule has 3 aliphatic heterocycles. The number of aliphatic hydroxyl groups is 1. The summed E-state index contributed by atoms with van der Waals surface area (Å²) in [4.78, 5) is 57.2. The Bertz CT molecular complexity index is 2910. The number of methoxy groups -OCH3 is 1. The highest BCUT2D eigenvalue weighted by Gasteiger charge is 2.50. The zero-order valence-electron chi connectivity index (χ0n) is 39.5. The molecule has 6 rings (SSSR count). The second-order valence-corrected chi connectivity index (χ2v) is 21.8. The van der Waals surface area contributed by atoms with E-state index in [-0.39, 0.29) is 95.6 Å². The lowest BCUT2D eigenvalue weighted by molar-refractivity contribution is -0.438. The van der Waals surface area contributed by atoms with Gasteiger partial charge >= 0.3 is 5.97 Å². The van der Waals surface area contributed by atoms with E-state index in [0.717, 1.165) is 12.1 Å². The van der Waals surface area contributed by atoms with E-state index in [1.807, 2.05) is 0 Å². The van der Waals surface area contributed by atoms with Crippen LogP contribution in [0.25, 0.3) is 0 Å². The molecule has 3 heterocycles. The highest BCUT2D eigenvalue weighted by molar-refractivity contribution is 7.86. The second-order valence-electron chi connectivity index (χ2n) is 17.5. The maximum Gasteiger partial charge on any atom is 0.333 e. The molecule has 2 unspecified atom stereocenters. The predicted molar refractivity (Wildman–Crippen MR) is 246 cm³/mol. The van der Waals surface area contributed by atoms with Crippen LogP contribution in [0.15, 0.2) is 80.9 Å². The molecule has 0 saturated carbocycles. The van der Waals surface area contributed by atoms with Gasteiger partial charge in [-0.15, -0.1) is 5.06 Å². The number of nitrogens with zero attached hydrogens (tertiary/aromatic N) is 3. The number of amides is 2. The van der Waals surface area contributed by atoms with E-state index >= 15 is 0 Å². The third-order valence-corrected chi connectivity index (χ3v) is 15.3. The Morgan fingerprint density at radius 2 is 1.35 bits per heavy atom. The lowest BCUT2D eigenvalue weighted by Crippen LogP contribution is -2.35. The minimum absolute atomic E-state index is 0.0128. The molecule has 2 amide bonds. The van der Waals surface area contributed by atoms with Crippen molar-refractivity contribution in [1.29, 1.82) is 0 Å². The number of anilines is 1. The third-order valence-electron chi connectivity index (χ3n) is 12.8. The molecule has 1 N–H and O–H groups in total. The van der Waals surface area contributed by atoms with Crippen LogP contribution in [0.1, 0.15) is 76.8 Å². The maximum atomic E-state index is 14.4. The van der Waals surface area contributed by atoms with E-state index in [2.05, 4.69) is 0 Å².